The molecule has 2 nitrogen and oxygen atoms in total. The second-order valence-electron chi connectivity index (χ2n) is 3.69. The molecule has 0 saturated heterocycles. The number of ether oxygens (including phenoxy) is 1. The van der Waals surface area contributed by atoms with E-state index in [0.29, 0.717) is 16.8 Å². The standard InChI is InChI=1S/C13H11BrFNO/c1-9-4-5-16-11(6-9)8-17-13-3-2-10(15)7-12(13)14/h2-7H,8H2,1H3. The van der Waals surface area contributed by atoms with Gasteiger partial charge in [0.1, 0.15) is 18.2 Å². The van der Waals surface area contributed by atoms with Crippen molar-refractivity contribution in [3.05, 3.63) is 58.1 Å². The van der Waals surface area contributed by atoms with E-state index >= 15 is 0 Å². The molecule has 0 aliphatic heterocycles. The monoisotopic (exact) mass is 295 g/mol. The Kier molecular flexibility index (Phi) is 3.74. The second-order valence-corrected chi connectivity index (χ2v) is 4.54. The molecule has 0 N–H and O–H groups in total. The third-order valence-corrected chi connectivity index (χ3v) is 2.86. The minimum Gasteiger partial charge on any atom is -0.486 e. The van der Waals surface area contributed by atoms with Crippen molar-refractivity contribution < 1.29 is 9.13 Å². The summed E-state index contributed by atoms with van der Waals surface area (Å²) in [6, 6.07) is 8.22. The summed E-state index contributed by atoms with van der Waals surface area (Å²) in [7, 11) is 0. The number of aromatic nitrogens is 1. The highest BCUT2D eigenvalue weighted by Crippen LogP contribution is 2.26. The third-order valence-electron chi connectivity index (χ3n) is 2.24. The number of aryl methyl sites for hydroxylation is 1. The Morgan fingerprint density at radius 1 is 1.29 bits per heavy atom. The zero-order valence-electron chi connectivity index (χ0n) is 9.28. The van der Waals surface area contributed by atoms with Crippen LogP contribution >= 0.6 is 15.9 Å². The van der Waals surface area contributed by atoms with Gasteiger partial charge in [0.05, 0.1) is 10.2 Å². The Bertz CT molecular complexity index is 531. The Hall–Kier alpha value is -1.42. The zero-order valence-corrected chi connectivity index (χ0v) is 10.9. The van der Waals surface area contributed by atoms with E-state index in [0.717, 1.165) is 11.3 Å². The van der Waals surface area contributed by atoms with E-state index < -0.39 is 0 Å². The largest absolute Gasteiger partial charge is 0.486 e. The number of benzene rings is 1. The van der Waals surface area contributed by atoms with Crippen LogP contribution in [0.4, 0.5) is 4.39 Å². The summed E-state index contributed by atoms with van der Waals surface area (Å²) in [6.45, 7) is 2.37. The van der Waals surface area contributed by atoms with Crippen LogP contribution in [0.1, 0.15) is 11.3 Å². The maximum absolute atomic E-state index is 12.9. The van der Waals surface area contributed by atoms with Crippen LogP contribution in [0.25, 0.3) is 0 Å². The Morgan fingerprint density at radius 2 is 2.12 bits per heavy atom. The fraction of sp³-hybridized carbons (Fsp3) is 0.154. The van der Waals surface area contributed by atoms with E-state index in [1.54, 1.807) is 12.3 Å². The molecule has 1 heterocycles. The van der Waals surface area contributed by atoms with Crippen molar-refractivity contribution in [1.29, 1.82) is 0 Å². The van der Waals surface area contributed by atoms with Crippen molar-refractivity contribution in [2.45, 2.75) is 13.5 Å². The van der Waals surface area contributed by atoms with E-state index in [9.17, 15) is 4.39 Å². The molecule has 0 radical (unpaired) electrons. The van der Waals surface area contributed by atoms with Crippen LogP contribution in [-0.4, -0.2) is 4.98 Å². The van der Waals surface area contributed by atoms with Gasteiger partial charge in [-0.3, -0.25) is 4.98 Å². The first-order valence-electron chi connectivity index (χ1n) is 5.14. The summed E-state index contributed by atoms with van der Waals surface area (Å²) in [5, 5.41) is 0. The van der Waals surface area contributed by atoms with E-state index in [1.807, 2.05) is 19.1 Å². The Morgan fingerprint density at radius 3 is 2.82 bits per heavy atom. The van der Waals surface area contributed by atoms with Crippen LogP contribution in [0.15, 0.2) is 41.0 Å². The Balaban J connectivity index is 2.07. The van der Waals surface area contributed by atoms with E-state index in [4.69, 9.17) is 4.74 Å². The molecule has 0 spiro atoms. The lowest BCUT2D eigenvalue weighted by atomic mass is 10.2. The van der Waals surface area contributed by atoms with Gasteiger partial charge >= 0.3 is 0 Å². The molecule has 0 aliphatic rings. The van der Waals surface area contributed by atoms with Gasteiger partial charge < -0.3 is 4.74 Å². The van der Waals surface area contributed by atoms with Gasteiger partial charge in [-0.25, -0.2) is 4.39 Å². The minimum absolute atomic E-state index is 0.294. The van der Waals surface area contributed by atoms with Gasteiger partial charge in [0.25, 0.3) is 0 Å². The summed E-state index contributed by atoms with van der Waals surface area (Å²) in [6.07, 6.45) is 1.74. The quantitative estimate of drug-likeness (QED) is 0.857. The molecular weight excluding hydrogens is 285 g/mol. The molecule has 2 rings (SSSR count). The predicted octanol–water partition coefficient (Wildman–Crippen LogP) is 3.87. The molecule has 1 aromatic heterocycles. The number of hydrogen-bond donors (Lipinski definition) is 0. The van der Waals surface area contributed by atoms with Crippen molar-refractivity contribution in [3.8, 4) is 5.75 Å². The fourth-order valence-electron chi connectivity index (χ4n) is 1.42. The number of hydrogen-bond acceptors (Lipinski definition) is 2. The maximum Gasteiger partial charge on any atom is 0.134 e. The van der Waals surface area contributed by atoms with Crippen LogP contribution in [0.5, 0.6) is 5.75 Å². The molecule has 0 bridgehead atoms. The van der Waals surface area contributed by atoms with E-state index in [1.165, 1.54) is 12.1 Å². The highest BCUT2D eigenvalue weighted by atomic mass is 79.9. The summed E-state index contributed by atoms with van der Waals surface area (Å²) in [5.74, 6) is 0.313. The van der Waals surface area contributed by atoms with Crippen LogP contribution < -0.4 is 4.74 Å². The molecule has 0 saturated carbocycles. The number of halogens is 2. The predicted molar refractivity (Wildman–Crippen MR) is 67.4 cm³/mol. The molecule has 1 aromatic carbocycles. The summed E-state index contributed by atoms with van der Waals surface area (Å²) in [4.78, 5) is 4.19. The molecule has 88 valence electrons. The van der Waals surface area contributed by atoms with E-state index in [-0.39, 0.29) is 5.82 Å². The summed E-state index contributed by atoms with van der Waals surface area (Å²) in [5.41, 5.74) is 1.98. The lowest BCUT2D eigenvalue weighted by Crippen LogP contribution is -1.99. The lowest BCUT2D eigenvalue weighted by Gasteiger charge is -2.08. The number of pyridine rings is 1. The Labute approximate surface area is 108 Å². The number of rotatable bonds is 3. The van der Waals surface area contributed by atoms with Crippen molar-refractivity contribution in [2.75, 3.05) is 0 Å². The molecule has 0 fully saturated rings. The minimum atomic E-state index is -0.294. The fourth-order valence-corrected chi connectivity index (χ4v) is 1.89. The van der Waals surface area contributed by atoms with Gasteiger partial charge in [-0.2, -0.15) is 0 Å². The first-order valence-corrected chi connectivity index (χ1v) is 5.94. The van der Waals surface area contributed by atoms with Crippen molar-refractivity contribution >= 4 is 15.9 Å². The summed E-state index contributed by atoms with van der Waals surface area (Å²) >= 11 is 3.25. The average molecular weight is 296 g/mol. The van der Waals surface area contributed by atoms with Gasteiger partial charge in [-0.1, -0.05) is 0 Å². The highest BCUT2D eigenvalue weighted by molar-refractivity contribution is 9.10. The van der Waals surface area contributed by atoms with E-state index in [2.05, 4.69) is 20.9 Å². The second kappa shape index (κ2) is 5.27. The van der Waals surface area contributed by atoms with Gasteiger partial charge in [0, 0.05) is 6.20 Å². The van der Waals surface area contributed by atoms with Crippen LogP contribution in [0.2, 0.25) is 0 Å². The van der Waals surface area contributed by atoms with Gasteiger partial charge in [0.2, 0.25) is 0 Å². The van der Waals surface area contributed by atoms with Gasteiger partial charge in [-0.05, 0) is 58.7 Å². The van der Waals surface area contributed by atoms with Crippen molar-refractivity contribution in [3.63, 3.8) is 0 Å². The zero-order chi connectivity index (χ0) is 12.3. The average Bonchev–Trinajstić information content (AvgIpc) is 2.28. The molecule has 0 amide bonds. The maximum atomic E-state index is 12.9. The van der Waals surface area contributed by atoms with Crippen molar-refractivity contribution in [2.24, 2.45) is 0 Å². The molecular formula is C13H11BrFNO. The first-order chi connectivity index (χ1) is 8.15. The lowest BCUT2D eigenvalue weighted by molar-refractivity contribution is 0.299. The smallest absolute Gasteiger partial charge is 0.134 e. The first kappa shape index (κ1) is 12.0. The molecule has 0 atom stereocenters. The van der Waals surface area contributed by atoms with Crippen LogP contribution in [-0.2, 0) is 6.61 Å². The third kappa shape index (κ3) is 3.27. The van der Waals surface area contributed by atoms with Gasteiger partial charge in [0.15, 0.2) is 0 Å². The molecule has 0 unspecified atom stereocenters. The molecule has 2 aromatic rings. The summed E-state index contributed by atoms with van der Waals surface area (Å²) < 4.78 is 19.0. The van der Waals surface area contributed by atoms with Crippen LogP contribution in [0, 0.1) is 12.7 Å². The topological polar surface area (TPSA) is 22.1 Å². The SMILES string of the molecule is Cc1ccnc(COc2ccc(F)cc2Br)c1. The van der Waals surface area contributed by atoms with Crippen molar-refractivity contribution in [1.82, 2.24) is 4.98 Å². The van der Waals surface area contributed by atoms with Crippen LogP contribution in [0.3, 0.4) is 0 Å². The van der Waals surface area contributed by atoms with Gasteiger partial charge in [-0.15, -0.1) is 0 Å². The molecule has 4 heteroatoms. The molecule has 17 heavy (non-hydrogen) atoms. The molecule has 0 aliphatic carbocycles. The number of nitrogens with zero attached hydrogens (tertiary/aromatic N) is 1. The highest BCUT2D eigenvalue weighted by Gasteiger charge is 2.03. The normalized spacial score (nSPS) is 10.3.